The molecule has 2 heterocycles. The zero-order valence-electron chi connectivity index (χ0n) is 13.4. The third-order valence-corrected chi connectivity index (χ3v) is 3.67. The number of carbonyl (C=O) groups excluding carboxylic acids is 3. The van der Waals surface area contributed by atoms with Gasteiger partial charge in [0.25, 0.3) is 5.91 Å². The Morgan fingerprint density at radius 2 is 2.04 bits per heavy atom. The molecule has 128 valence electrons. The average molecular weight is 340 g/mol. The first kappa shape index (κ1) is 16.4. The molecule has 1 aliphatic heterocycles. The molecule has 0 fully saturated rings. The molecular formula is C17H16N4O4. The predicted octanol–water partition coefficient (Wildman–Crippen LogP) is 1.17. The van der Waals surface area contributed by atoms with Crippen LogP contribution in [0.4, 0.5) is 11.4 Å². The summed E-state index contributed by atoms with van der Waals surface area (Å²) in [7, 11) is 1.49. The Kier molecular flexibility index (Phi) is 4.60. The molecule has 1 unspecified atom stereocenters. The van der Waals surface area contributed by atoms with Crippen molar-refractivity contribution in [2.45, 2.75) is 12.5 Å². The number of aromatic nitrogens is 1. The maximum absolute atomic E-state index is 12.3. The van der Waals surface area contributed by atoms with Gasteiger partial charge in [-0.15, -0.1) is 0 Å². The molecule has 1 aromatic carbocycles. The fraction of sp³-hybridized carbons (Fsp3) is 0.176. The minimum absolute atomic E-state index is 0.197. The number of ether oxygens (including phenoxy) is 1. The quantitative estimate of drug-likeness (QED) is 0.774. The molecule has 8 heteroatoms. The molecule has 3 amide bonds. The van der Waals surface area contributed by atoms with E-state index in [1.165, 1.54) is 13.3 Å². The van der Waals surface area contributed by atoms with Crippen LogP contribution in [0.25, 0.3) is 0 Å². The smallest absolute Gasteiger partial charge is 0.254 e. The van der Waals surface area contributed by atoms with Gasteiger partial charge < -0.3 is 20.7 Å². The monoisotopic (exact) mass is 340 g/mol. The van der Waals surface area contributed by atoms with Crippen molar-refractivity contribution in [1.82, 2.24) is 10.3 Å². The normalized spacial score (nSPS) is 16.1. The van der Waals surface area contributed by atoms with Crippen LogP contribution in [-0.2, 0) is 9.59 Å². The van der Waals surface area contributed by atoms with E-state index in [2.05, 4.69) is 20.9 Å². The van der Waals surface area contributed by atoms with Crippen molar-refractivity contribution in [3.8, 4) is 5.88 Å². The van der Waals surface area contributed by atoms with Crippen molar-refractivity contribution >= 4 is 29.1 Å². The second-order valence-electron chi connectivity index (χ2n) is 5.40. The standard InChI is InChI=1S/C17H16N4O4/c1-25-15-7-6-10(9-18-15)19-14(22)8-13-17(24)20-12-5-3-2-4-11(12)16(23)21-13/h2-7,9,13H,8H2,1H3,(H,19,22)(H,20,24)(H,21,23). The van der Waals surface area contributed by atoms with Crippen LogP contribution in [0.3, 0.4) is 0 Å². The molecule has 2 aromatic rings. The number of anilines is 2. The summed E-state index contributed by atoms with van der Waals surface area (Å²) >= 11 is 0. The van der Waals surface area contributed by atoms with Crippen molar-refractivity contribution < 1.29 is 19.1 Å². The summed E-state index contributed by atoms with van der Waals surface area (Å²) in [6, 6.07) is 8.93. The molecule has 0 radical (unpaired) electrons. The minimum Gasteiger partial charge on any atom is -0.481 e. The van der Waals surface area contributed by atoms with Gasteiger partial charge in [-0.3, -0.25) is 14.4 Å². The van der Waals surface area contributed by atoms with Gasteiger partial charge in [0.2, 0.25) is 17.7 Å². The third-order valence-electron chi connectivity index (χ3n) is 3.67. The van der Waals surface area contributed by atoms with E-state index in [1.54, 1.807) is 36.4 Å². The third kappa shape index (κ3) is 3.74. The topological polar surface area (TPSA) is 109 Å². The summed E-state index contributed by atoms with van der Waals surface area (Å²) in [5.74, 6) is -0.844. The summed E-state index contributed by atoms with van der Waals surface area (Å²) in [6.07, 6.45) is 1.25. The van der Waals surface area contributed by atoms with Gasteiger partial charge in [-0.05, 0) is 18.2 Å². The summed E-state index contributed by atoms with van der Waals surface area (Å²) in [4.78, 5) is 40.6. The largest absolute Gasteiger partial charge is 0.481 e. The van der Waals surface area contributed by atoms with E-state index in [-0.39, 0.29) is 6.42 Å². The Balaban J connectivity index is 1.67. The van der Waals surface area contributed by atoms with Gasteiger partial charge in [-0.2, -0.15) is 0 Å². The van der Waals surface area contributed by atoms with Gasteiger partial charge in [-0.1, -0.05) is 12.1 Å². The molecule has 0 saturated carbocycles. The molecule has 0 saturated heterocycles. The first-order valence-electron chi connectivity index (χ1n) is 7.57. The van der Waals surface area contributed by atoms with Crippen molar-refractivity contribution in [2.75, 3.05) is 17.7 Å². The lowest BCUT2D eigenvalue weighted by Gasteiger charge is -2.14. The number of carbonyl (C=O) groups is 3. The molecule has 3 N–H and O–H groups in total. The second-order valence-corrected chi connectivity index (χ2v) is 5.40. The maximum atomic E-state index is 12.3. The average Bonchev–Trinajstić information content (AvgIpc) is 2.72. The molecule has 0 aliphatic carbocycles. The number of rotatable bonds is 4. The Labute approximate surface area is 143 Å². The van der Waals surface area contributed by atoms with Crippen LogP contribution in [0.2, 0.25) is 0 Å². The molecule has 1 aromatic heterocycles. The number of pyridine rings is 1. The zero-order valence-corrected chi connectivity index (χ0v) is 13.4. The maximum Gasteiger partial charge on any atom is 0.254 e. The molecule has 3 rings (SSSR count). The molecule has 25 heavy (non-hydrogen) atoms. The van der Waals surface area contributed by atoms with Gasteiger partial charge in [0, 0.05) is 6.07 Å². The van der Waals surface area contributed by atoms with Gasteiger partial charge in [0.1, 0.15) is 6.04 Å². The van der Waals surface area contributed by atoms with Gasteiger partial charge in [0.15, 0.2) is 0 Å². The number of amides is 3. The zero-order chi connectivity index (χ0) is 17.8. The van der Waals surface area contributed by atoms with E-state index >= 15 is 0 Å². The molecule has 0 bridgehead atoms. The summed E-state index contributed by atoms with van der Waals surface area (Å²) in [5, 5.41) is 7.86. The number of methoxy groups -OCH3 is 1. The highest BCUT2D eigenvalue weighted by molar-refractivity contribution is 6.11. The number of nitrogens with one attached hydrogen (secondary N) is 3. The molecule has 0 spiro atoms. The molecule has 1 atom stereocenters. The Morgan fingerprint density at radius 1 is 1.24 bits per heavy atom. The minimum atomic E-state index is -0.967. The first-order chi connectivity index (χ1) is 12.1. The van der Waals surface area contributed by atoms with Crippen LogP contribution in [0, 0.1) is 0 Å². The van der Waals surface area contributed by atoms with Crippen LogP contribution in [0.15, 0.2) is 42.6 Å². The van der Waals surface area contributed by atoms with Crippen molar-refractivity contribution in [1.29, 1.82) is 0 Å². The Hall–Kier alpha value is -3.42. The van der Waals surface area contributed by atoms with Gasteiger partial charge >= 0.3 is 0 Å². The lowest BCUT2D eigenvalue weighted by Crippen LogP contribution is -2.43. The van der Waals surface area contributed by atoms with Crippen LogP contribution < -0.4 is 20.7 Å². The predicted molar refractivity (Wildman–Crippen MR) is 90.4 cm³/mol. The molecular weight excluding hydrogens is 324 g/mol. The van der Waals surface area contributed by atoms with Crippen molar-refractivity contribution in [2.24, 2.45) is 0 Å². The van der Waals surface area contributed by atoms with Crippen molar-refractivity contribution in [3.63, 3.8) is 0 Å². The highest BCUT2D eigenvalue weighted by atomic mass is 16.5. The number of hydrogen-bond acceptors (Lipinski definition) is 5. The fourth-order valence-corrected chi connectivity index (χ4v) is 2.43. The van der Waals surface area contributed by atoms with Crippen LogP contribution >= 0.6 is 0 Å². The van der Waals surface area contributed by atoms with E-state index in [4.69, 9.17) is 4.74 Å². The van der Waals surface area contributed by atoms with Gasteiger partial charge in [0.05, 0.1) is 36.7 Å². The van der Waals surface area contributed by atoms with E-state index in [9.17, 15) is 14.4 Å². The highest BCUT2D eigenvalue weighted by Crippen LogP contribution is 2.19. The second kappa shape index (κ2) is 7.00. The summed E-state index contributed by atoms with van der Waals surface area (Å²) in [5.41, 5.74) is 1.25. The fourth-order valence-electron chi connectivity index (χ4n) is 2.43. The van der Waals surface area contributed by atoms with Crippen molar-refractivity contribution in [3.05, 3.63) is 48.2 Å². The Morgan fingerprint density at radius 3 is 2.76 bits per heavy atom. The number of para-hydroxylation sites is 1. The van der Waals surface area contributed by atoms with E-state index in [1.807, 2.05) is 0 Å². The first-order valence-corrected chi connectivity index (χ1v) is 7.57. The number of hydrogen-bond donors (Lipinski definition) is 3. The van der Waals surface area contributed by atoms with Crippen LogP contribution in [-0.4, -0.2) is 35.9 Å². The lowest BCUT2D eigenvalue weighted by molar-refractivity contribution is -0.122. The number of fused-ring (bicyclic) bond motifs is 1. The van der Waals surface area contributed by atoms with E-state index < -0.39 is 23.8 Å². The Bertz CT molecular complexity index is 820. The van der Waals surface area contributed by atoms with Crippen LogP contribution in [0.5, 0.6) is 5.88 Å². The number of benzene rings is 1. The number of nitrogens with zero attached hydrogens (tertiary/aromatic N) is 1. The summed E-state index contributed by atoms with van der Waals surface area (Å²) < 4.78 is 4.94. The molecule has 1 aliphatic rings. The van der Waals surface area contributed by atoms with E-state index in [0.29, 0.717) is 22.8 Å². The SMILES string of the molecule is COc1ccc(NC(=O)CC2NC(=O)c3ccccc3NC2=O)cn1. The van der Waals surface area contributed by atoms with Crippen LogP contribution in [0.1, 0.15) is 16.8 Å². The summed E-state index contributed by atoms with van der Waals surface area (Å²) in [6.45, 7) is 0. The van der Waals surface area contributed by atoms with E-state index in [0.717, 1.165) is 0 Å². The van der Waals surface area contributed by atoms with Gasteiger partial charge in [-0.25, -0.2) is 4.98 Å². The lowest BCUT2D eigenvalue weighted by atomic mass is 10.1. The highest BCUT2D eigenvalue weighted by Gasteiger charge is 2.29. The molecule has 8 nitrogen and oxygen atoms in total.